The predicted octanol–water partition coefficient (Wildman–Crippen LogP) is 7.84. The SMILES string of the molecule is CC1CCC(C(=O)N(c2cc(C(C)(C)C)sc2C(=O)O)C2CCC(Oc3ccnc4ccccc34)CC2)CC1. The fraction of sp³-hybridized carbons (Fsp3) is 0.531. The zero-order valence-electron chi connectivity index (χ0n) is 23.5. The minimum Gasteiger partial charge on any atom is -0.490 e. The van der Waals surface area contributed by atoms with Crippen LogP contribution in [0.4, 0.5) is 5.69 Å². The highest BCUT2D eigenvalue weighted by molar-refractivity contribution is 7.14. The third-order valence-electron chi connectivity index (χ3n) is 8.42. The van der Waals surface area contributed by atoms with Gasteiger partial charge in [0.05, 0.1) is 17.3 Å². The van der Waals surface area contributed by atoms with Gasteiger partial charge >= 0.3 is 5.97 Å². The van der Waals surface area contributed by atoms with Crippen molar-refractivity contribution in [3.63, 3.8) is 0 Å². The van der Waals surface area contributed by atoms with Gasteiger partial charge in [-0.1, -0.05) is 39.8 Å². The van der Waals surface area contributed by atoms with Crippen LogP contribution in [0, 0.1) is 11.8 Å². The van der Waals surface area contributed by atoms with Crippen LogP contribution in [0.5, 0.6) is 5.75 Å². The van der Waals surface area contributed by atoms with Crippen LogP contribution in [-0.4, -0.2) is 34.1 Å². The van der Waals surface area contributed by atoms with E-state index >= 15 is 0 Å². The summed E-state index contributed by atoms with van der Waals surface area (Å²) in [4.78, 5) is 34.2. The Bertz CT molecular complexity index is 1320. The van der Waals surface area contributed by atoms with Crippen molar-refractivity contribution in [2.24, 2.45) is 11.8 Å². The Morgan fingerprint density at radius 2 is 1.69 bits per heavy atom. The van der Waals surface area contributed by atoms with Crippen LogP contribution in [0.1, 0.15) is 93.6 Å². The molecular weight excluding hydrogens is 508 g/mol. The molecule has 39 heavy (non-hydrogen) atoms. The molecular formula is C32H40N2O4S. The fourth-order valence-corrected chi connectivity index (χ4v) is 7.10. The Hall–Kier alpha value is -2.93. The first-order valence-electron chi connectivity index (χ1n) is 14.3. The maximum atomic E-state index is 14.2. The lowest BCUT2D eigenvalue weighted by atomic mass is 9.81. The standard InChI is InChI=1S/C32H40N2O4S/c1-20-9-11-21(12-10-20)30(35)34(26-19-28(32(2,3)4)39-29(26)31(36)37)22-13-15-23(16-14-22)38-27-17-18-33-25-8-6-5-7-24(25)27/h5-8,17-23H,9-16H2,1-4H3,(H,36,37). The van der Waals surface area contributed by atoms with Gasteiger partial charge in [0.25, 0.3) is 0 Å². The summed E-state index contributed by atoms with van der Waals surface area (Å²) in [6, 6.07) is 11.9. The molecule has 7 heteroatoms. The molecule has 2 heterocycles. The number of pyridine rings is 1. The topological polar surface area (TPSA) is 79.7 Å². The van der Waals surface area contributed by atoms with Crippen LogP contribution in [0.2, 0.25) is 0 Å². The Morgan fingerprint density at radius 1 is 1.00 bits per heavy atom. The van der Waals surface area contributed by atoms with Gasteiger partial charge < -0.3 is 14.7 Å². The second-order valence-electron chi connectivity index (χ2n) is 12.4. The number of benzene rings is 1. The number of aromatic carboxylic acids is 1. The number of carboxylic acid groups (broad SMARTS) is 1. The number of anilines is 1. The van der Waals surface area contributed by atoms with Crippen molar-refractivity contribution in [1.82, 2.24) is 4.98 Å². The van der Waals surface area contributed by atoms with E-state index in [0.717, 1.165) is 72.9 Å². The molecule has 0 spiro atoms. The van der Waals surface area contributed by atoms with E-state index in [1.54, 1.807) is 6.20 Å². The fourth-order valence-electron chi connectivity index (χ4n) is 6.06. The second kappa shape index (κ2) is 11.3. The Kier molecular flexibility index (Phi) is 7.99. The summed E-state index contributed by atoms with van der Waals surface area (Å²) in [6.45, 7) is 8.53. The van der Waals surface area contributed by atoms with Gasteiger partial charge in [0.2, 0.25) is 5.91 Å². The van der Waals surface area contributed by atoms with Crippen LogP contribution in [-0.2, 0) is 10.2 Å². The van der Waals surface area contributed by atoms with E-state index in [0.29, 0.717) is 11.6 Å². The number of para-hydroxylation sites is 1. The highest BCUT2D eigenvalue weighted by Gasteiger charge is 2.38. The Balaban J connectivity index is 1.40. The van der Waals surface area contributed by atoms with E-state index in [1.165, 1.54) is 11.3 Å². The van der Waals surface area contributed by atoms with E-state index in [4.69, 9.17) is 4.74 Å². The minimum absolute atomic E-state index is 0.0357. The van der Waals surface area contributed by atoms with Crippen molar-refractivity contribution in [3.8, 4) is 5.75 Å². The van der Waals surface area contributed by atoms with E-state index < -0.39 is 5.97 Å². The smallest absolute Gasteiger partial charge is 0.348 e. The number of carboxylic acids is 1. The Labute approximate surface area is 235 Å². The van der Waals surface area contributed by atoms with E-state index in [9.17, 15) is 14.7 Å². The number of thiophene rings is 1. The first-order valence-corrected chi connectivity index (χ1v) is 15.1. The van der Waals surface area contributed by atoms with Crippen molar-refractivity contribution in [3.05, 3.63) is 52.3 Å². The summed E-state index contributed by atoms with van der Waals surface area (Å²) >= 11 is 1.31. The van der Waals surface area contributed by atoms with Gasteiger partial charge in [0.15, 0.2) is 0 Å². The lowest BCUT2D eigenvalue weighted by Gasteiger charge is -2.39. The van der Waals surface area contributed by atoms with Gasteiger partial charge in [-0.25, -0.2) is 4.79 Å². The average Bonchev–Trinajstić information content (AvgIpc) is 3.37. The predicted molar refractivity (Wildman–Crippen MR) is 157 cm³/mol. The van der Waals surface area contributed by atoms with Gasteiger partial charge in [-0.05, 0) is 87.0 Å². The van der Waals surface area contributed by atoms with E-state index in [1.807, 2.05) is 41.3 Å². The summed E-state index contributed by atoms with van der Waals surface area (Å²) < 4.78 is 6.47. The molecule has 208 valence electrons. The molecule has 0 saturated heterocycles. The number of amides is 1. The highest BCUT2D eigenvalue weighted by Crippen LogP contribution is 2.42. The summed E-state index contributed by atoms with van der Waals surface area (Å²) in [5.74, 6) is 0.587. The number of rotatable bonds is 6. The van der Waals surface area contributed by atoms with Crippen LogP contribution in [0.25, 0.3) is 10.9 Å². The molecule has 1 amide bonds. The van der Waals surface area contributed by atoms with Crippen molar-refractivity contribution >= 4 is 39.8 Å². The third-order valence-corrected chi connectivity index (χ3v) is 9.96. The normalized spacial score (nSPS) is 23.9. The molecule has 2 saturated carbocycles. The van der Waals surface area contributed by atoms with Crippen LogP contribution >= 0.6 is 11.3 Å². The van der Waals surface area contributed by atoms with Gasteiger partial charge in [-0.2, -0.15) is 0 Å². The zero-order chi connectivity index (χ0) is 27.7. The number of hydrogen-bond donors (Lipinski definition) is 1. The molecule has 5 rings (SSSR count). The summed E-state index contributed by atoms with van der Waals surface area (Å²) in [5, 5.41) is 11.2. The number of carbonyl (C=O) groups is 2. The lowest BCUT2D eigenvalue weighted by Crippen LogP contribution is -2.47. The first kappa shape index (κ1) is 27.6. The second-order valence-corrected chi connectivity index (χ2v) is 13.5. The number of ether oxygens (including phenoxy) is 1. The number of fused-ring (bicyclic) bond motifs is 1. The van der Waals surface area contributed by atoms with Gasteiger partial charge in [0, 0.05) is 28.4 Å². The quantitative estimate of drug-likeness (QED) is 0.339. The zero-order valence-corrected chi connectivity index (χ0v) is 24.3. The number of carbonyl (C=O) groups excluding carboxylic acids is 1. The van der Waals surface area contributed by atoms with Crippen molar-refractivity contribution in [1.29, 1.82) is 0 Å². The van der Waals surface area contributed by atoms with Crippen LogP contribution in [0.3, 0.4) is 0 Å². The molecule has 0 bridgehead atoms. The van der Waals surface area contributed by atoms with Crippen molar-refractivity contribution in [2.75, 3.05) is 4.90 Å². The van der Waals surface area contributed by atoms with Crippen molar-refractivity contribution in [2.45, 2.75) is 96.6 Å². The average molecular weight is 549 g/mol. The molecule has 1 aromatic carbocycles. The van der Waals surface area contributed by atoms with Crippen LogP contribution < -0.4 is 9.64 Å². The molecule has 0 radical (unpaired) electrons. The summed E-state index contributed by atoms with van der Waals surface area (Å²) in [7, 11) is 0. The summed E-state index contributed by atoms with van der Waals surface area (Å²) in [6.07, 6.45) is 8.87. The number of nitrogens with zero attached hydrogens (tertiary/aromatic N) is 2. The molecule has 2 aliphatic rings. The molecule has 2 aromatic heterocycles. The lowest BCUT2D eigenvalue weighted by molar-refractivity contribution is -0.124. The number of aromatic nitrogens is 1. The molecule has 1 N–H and O–H groups in total. The van der Waals surface area contributed by atoms with E-state index in [-0.39, 0.29) is 34.3 Å². The highest BCUT2D eigenvalue weighted by atomic mass is 32.1. The molecule has 0 aliphatic heterocycles. The monoisotopic (exact) mass is 548 g/mol. The molecule has 2 fully saturated rings. The third kappa shape index (κ3) is 5.98. The van der Waals surface area contributed by atoms with Gasteiger partial charge in [-0.3, -0.25) is 9.78 Å². The number of hydrogen-bond acceptors (Lipinski definition) is 5. The van der Waals surface area contributed by atoms with Crippen molar-refractivity contribution < 1.29 is 19.4 Å². The maximum absolute atomic E-state index is 14.2. The minimum atomic E-state index is -0.956. The van der Waals surface area contributed by atoms with Gasteiger partial charge in [-0.15, -0.1) is 11.3 Å². The first-order chi connectivity index (χ1) is 18.6. The molecule has 2 aliphatic carbocycles. The molecule has 0 atom stereocenters. The van der Waals surface area contributed by atoms with Crippen LogP contribution in [0.15, 0.2) is 42.6 Å². The largest absolute Gasteiger partial charge is 0.490 e. The Morgan fingerprint density at radius 3 is 2.36 bits per heavy atom. The molecule has 0 unspecified atom stereocenters. The molecule has 6 nitrogen and oxygen atoms in total. The van der Waals surface area contributed by atoms with E-state index in [2.05, 4.69) is 32.7 Å². The molecule has 3 aromatic rings. The van der Waals surface area contributed by atoms with Gasteiger partial charge in [0.1, 0.15) is 10.6 Å². The summed E-state index contributed by atoms with van der Waals surface area (Å²) in [5.41, 5.74) is 1.31. The maximum Gasteiger partial charge on any atom is 0.348 e.